The number of aromatic amines is 1. The number of hydrogen-bond donors (Lipinski definition) is 2. The fraction of sp³-hybridized carbons (Fsp3) is 0.417. The van der Waals surface area contributed by atoms with Gasteiger partial charge < -0.3 is 9.84 Å². The molecule has 2 N–H and O–H groups in total. The van der Waals surface area contributed by atoms with Crippen LogP contribution in [0.4, 0.5) is 5.82 Å². The summed E-state index contributed by atoms with van der Waals surface area (Å²) >= 11 is 1.57. The minimum Gasteiger partial charge on any atom is -0.361 e. The van der Waals surface area contributed by atoms with Crippen molar-refractivity contribution in [2.45, 2.75) is 26.0 Å². The Morgan fingerprint density at radius 3 is 2.79 bits per heavy atom. The number of fused-ring (bicyclic) bond motifs is 1. The number of carbonyl (C=O) groups excluding carboxylic acids is 1. The topological polar surface area (TPSA) is 83.8 Å². The average molecular weight is 278 g/mol. The zero-order valence-corrected chi connectivity index (χ0v) is 11.7. The van der Waals surface area contributed by atoms with Crippen LogP contribution in [0.2, 0.25) is 0 Å². The summed E-state index contributed by atoms with van der Waals surface area (Å²) in [6.45, 7) is 5.77. The fourth-order valence-electron chi connectivity index (χ4n) is 2.36. The van der Waals surface area contributed by atoms with Gasteiger partial charge in [-0.1, -0.05) is 5.16 Å². The first kappa shape index (κ1) is 12.3. The normalized spacial score (nSPS) is 18.9. The molecule has 0 saturated carbocycles. The molecule has 3 rings (SSSR count). The molecule has 1 aliphatic heterocycles. The van der Waals surface area contributed by atoms with Gasteiger partial charge in [0.15, 0.2) is 5.82 Å². The molecular formula is C12H14N4O2S. The molecule has 2 aromatic heterocycles. The maximum Gasteiger partial charge on any atom is 0.235 e. The predicted molar refractivity (Wildman–Crippen MR) is 72.2 cm³/mol. The second-order valence-corrected chi connectivity index (χ2v) is 5.68. The lowest BCUT2D eigenvalue weighted by Crippen LogP contribution is -2.12. The smallest absolute Gasteiger partial charge is 0.235 e. The van der Waals surface area contributed by atoms with E-state index in [0.29, 0.717) is 11.6 Å². The summed E-state index contributed by atoms with van der Waals surface area (Å²) in [5.41, 5.74) is 3.85. The molecule has 1 atom stereocenters. The van der Waals surface area contributed by atoms with Gasteiger partial charge in [-0.3, -0.25) is 9.89 Å². The molecule has 0 radical (unpaired) electrons. The molecule has 0 bridgehead atoms. The standard InChI is InChI=1S/C12H14N4O2S/c1-5-10-11(9-6(2)16-18-7(9)3)19-4-8(17)13-12(10)15-14-5/h11H,4H2,1-3H3,(H2,13,14,15,17)/t11-/m0/s1. The van der Waals surface area contributed by atoms with Crippen molar-refractivity contribution in [2.75, 3.05) is 11.1 Å². The number of hydrogen-bond acceptors (Lipinski definition) is 5. The number of amides is 1. The van der Waals surface area contributed by atoms with E-state index in [9.17, 15) is 4.79 Å². The van der Waals surface area contributed by atoms with Gasteiger partial charge >= 0.3 is 0 Å². The van der Waals surface area contributed by atoms with E-state index >= 15 is 0 Å². The summed E-state index contributed by atoms with van der Waals surface area (Å²) in [5, 5.41) is 13.9. The molecular weight excluding hydrogens is 264 g/mol. The molecule has 19 heavy (non-hydrogen) atoms. The Morgan fingerprint density at radius 1 is 1.32 bits per heavy atom. The Hall–Kier alpha value is -1.76. The van der Waals surface area contributed by atoms with Gasteiger partial charge in [0.1, 0.15) is 5.76 Å². The summed E-state index contributed by atoms with van der Waals surface area (Å²) in [6, 6.07) is 0. The van der Waals surface area contributed by atoms with Crippen LogP contribution < -0.4 is 5.32 Å². The number of rotatable bonds is 1. The van der Waals surface area contributed by atoms with Crippen molar-refractivity contribution < 1.29 is 9.32 Å². The molecule has 0 saturated heterocycles. The van der Waals surface area contributed by atoms with Crippen LogP contribution in [0.5, 0.6) is 0 Å². The molecule has 0 aromatic carbocycles. The van der Waals surface area contributed by atoms with Gasteiger partial charge in [-0.25, -0.2) is 0 Å². The van der Waals surface area contributed by atoms with Crippen LogP contribution in [0.15, 0.2) is 4.52 Å². The van der Waals surface area contributed by atoms with E-state index < -0.39 is 0 Å². The summed E-state index contributed by atoms with van der Waals surface area (Å²) in [5.74, 6) is 1.75. The Bertz CT molecular complexity index is 627. The van der Waals surface area contributed by atoms with E-state index in [1.807, 2.05) is 20.8 Å². The second kappa shape index (κ2) is 4.41. The van der Waals surface area contributed by atoms with Gasteiger partial charge in [0.2, 0.25) is 5.91 Å². The number of aromatic nitrogens is 3. The Labute approximate surface area is 114 Å². The first-order valence-electron chi connectivity index (χ1n) is 5.97. The van der Waals surface area contributed by atoms with Crippen LogP contribution in [0.25, 0.3) is 0 Å². The molecule has 7 heteroatoms. The third-order valence-corrected chi connectivity index (χ3v) is 4.48. The molecule has 0 spiro atoms. The van der Waals surface area contributed by atoms with E-state index in [4.69, 9.17) is 4.52 Å². The lowest BCUT2D eigenvalue weighted by atomic mass is 10.0. The van der Waals surface area contributed by atoms with Crippen LogP contribution in [0, 0.1) is 20.8 Å². The van der Waals surface area contributed by atoms with Gasteiger partial charge in [-0.15, -0.1) is 11.8 Å². The molecule has 6 nitrogen and oxygen atoms in total. The molecule has 1 amide bonds. The number of thioether (sulfide) groups is 1. The minimum atomic E-state index is -0.0352. The first-order valence-corrected chi connectivity index (χ1v) is 7.02. The number of nitrogens with zero attached hydrogens (tertiary/aromatic N) is 2. The molecule has 1 aliphatic rings. The van der Waals surface area contributed by atoms with E-state index in [1.54, 1.807) is 11.8 Å². The molecule has 3 heterocycles. The Balaban J connectivity index is 2.16. The zero-order valence-electron chi connectivity index (χ0n) is 10.9. The van der Waals surface area contributed by atoms with Crippen molar-refractivity contribution in [3.05, 3.63) is 28.3 Å². The molecule has 0 fully saturated rings. The second-order valence-electron chi connectivity index (χ2n) is 4.59. The number of H-pyrrole nitrogens is 1. The van der Waals surface area contributed by atoms with Gasteiger partial charge in [-0.2, -0.15) is 5.10 Å². The average Bonchev–Trinajstić information content (AvgIpc) is 2.82. The van der Waals surface area contributed by atoms with E-state index in [1.165, 1.54) is 0 Å². The largest absolute Gasteiger partial charge is 0.361 e. The molecule has 100 valence electrons. The monoisotopic (exact) mass is 278 g/mol. The minimum absolute atomic E-state index is 0.0129. The Kier molecular flexibility index (Phi) is 2.85. The predicted octanol–water partition coefficient (Wildman–Crippen LogP) is 2.10. The third-order valence-electron chi connectivity index (χ3n) is 3.25. The van der Waals surface area contributed by atoms with Gasteiger partial charge in [-0.05, 0) is 20.8 Å². The summed E-state index contributed by atoms with van der Waals surface area (Å²) in [4.78, 5) is 11.7. The summed E-state index contributed by atoms with van der Waals surface area (Å²) in [6.07, 6.45) is 0. The number of aryl methyl sites for hydroxylation is 3. The zero-order chi connectivity index (χ0) is 13.6. The first-order chi connectivity index (χ1) is 9.08. The van der Waals surface area contributed by atoms with Crippen LogP contribution in [0.1, 0.15) is 33.5 Å². The number of anilines is 1. The van der Waals surface area contributed by atoms with Crippen molar-refractivity contribution in [2.24, 2.45) is 0 Å². The number of nitrogens with one attached hydrogen (secondary N) is 2. The van der Waals surface area contributed by atoms with Crippen molar-refractivity contribution >= 4 is 23.5 Å². The molecule has 0 aliphatic carbocycles. The van der Waals surface area contributed by atoms with E-state index in [2.05, 4.69) is 20.7 Å². The highest BCUT2D eigenvalue weighted by molar-refractivity contribution is 8.00. The Morgan fingerprint density at radius 2 is 2.11 bits per heavy atom. The van der Waals surface area contributed by atoms with Gasteiger partial charge in [0.05, 0.1) is 16.7 Å². The summed E-state index contributed by atoms with van der Waals surface area (Å²) in [7, 11) is 0. The van der Waals surface area contributed by atoms with Gasteiger partial charge in [0.25, 0.3) is 0 Å². The third kappa shape index (κ3) is 1.94. The highest BCUT2D eigenvalue weighted by atomic mass is 32.2. The summed E-state index contributed by atoms with van der Waals surface area (Å²) < 4.78 is 5.25. The van der Waals surface area contributed by atoms with E-state index in [0.717, 1.165) is 28.3 Å². The highest BCUT2D eigenvalue weighted by Gasteiger charge is 2.31. The number of carbonyl (C=O) groups is 1. The van der Waals surface area contributed by atoms with Crippen LogP contribution in [0.3, 0.4) is 0 Å². The molecule has 0 unspecified atom stereocenters. The lowest BCUT2D eigenvalue weighted by Gasteiger charge is -2.14. The van der Waals surface area contributed by atoms with E-state index in [-0.39, 0.29) is 11.2 Å². The van der Waals surface area contributed by atoms with Crippen LogP contribution in [-0.4, -0.2) is 27.0 Å². The maximum atomic E-state index is 11.7. The quantitative estimate of drug-likeness (QED) is 0.834. The fourth-order valence-corrected chi connectivity index (χ4v) is 3.70. The van der Waals surface area contributed by atoms with Gasteiger partial charge in [0, 0.05) is 16.8 Å². The highest BCUT2D eigenvalue weighted by Crippen LogP contribution is 2.44. The lowest BCUT2D eigenvalue weighted by molar-refractivity contribution is -0.113. The SMILES string of the molecule is Cc1noc(C)c1[C@@H]1SCC(=O)Nc2n[nH]c(C)c21. The van der Waals surface area contributed by atoms with Crippen molar-refractivity contribution in [1.29, 1.82) is 0 Å². The van der Waals surface area contributed by atoms with Crippen LogP contribution in [-0.2, 0) is 4.79 Å². The van der Waals surface area contributed by atoms with Crippen LogP contribution >= 0.6 is 11.8 Å². The molecule has 2 aromatic rings. The van der Waals surface area contributed by atoms with Crippen molar-refractivity contribution in [3.8, 4) is 0 Å². The van der Waals surface area contributed by atoms with Crippen molar-refractivity contribution in [3.63, 3.8) is 0 Å². The van der Waals surface area contributed by atoms with Crippen molar-refractivity contribution in [1.82, 2.24) is 15.4 Å². The maximum absolute atomic E-state index is 11.7.